The molecule has 0 fully saturated rings. The standard InChI is InChI=1S/C74H120O6/c1-4-7-10-13-16-19-21-23-25-27-29-30-31-32-33-34-35-36-37-38-39-40-41-42-43-44-46-47-49-51-53-55-58-61-64-67-73(76)79-70-71(69-78-72(75)66-63-60-57-18-15-12-9-6-3)80-74(77)68-65-62-59-56-54-52-50-48-45-28-26-24-22-20-17-14-11-8-5-2/h7,10,16-17,19-20,23-26,29-30,32-33,35-36,38-39,41-42,44,46,49,51,71H,4-6,8-9,11-15,18,21-22,27-28,31,34,37,40,43,45,47-48,50,52-70H2,1-3H3/b10-7-,19-16-,20-17-,25-23-,26-24-,30-29-,33-32-,36-35-,39-38-,42-41-,46-44-,51-49-. The second-order valence-electron chi connectivity index (χ2n) is 21.3. The van der Waals surface area contributed by atoms with Crippen molar-refractivity contribution >= 4 is 17.9 Å². The first kappa shape index (κ1) is 75.3. The number of unbranched alkanes of at least 4 members (excludes halogenated alkanes) is 23. The normalized spacial score (nSPS) is 13.1. The van der Waals surface area contributed by atoms with Crippen molar-refractivity contribution in [2.45, 2.75) is 290 Å². The Hall–Kier alpha value is -4.71. The van der Waals surface area contributed by atoms with Gasteiger partial charge in [-0.2, -0.15) is 0 Å². The molecule has 0 radical (unpaired) electrons. The Labute approximate surface area is 493 Å². The molecule has 0 N–H and O–H groups in total. The van der Waals surface area contributed by atoms with E-state index < -0.39 is 6.10 Å². The first-order chi connectivity index (χ1) is 39.5. The maximum absolute atomic E-state index is 12.9. The molecule has 0 saturated heterocycles. The SMILES string of the molecule is CC/C=C\C/C=C\C/C=C\C/C=C\C/C=C\C/C=C\C/C=C\C/C=C\C/C=C\C/C=C\CCCCCCC(=O)OCC(COC(=O)CCCCCCCCCC)OC(=O)CCCCCCCCCCC/C=C\C/C=C\CCCCC. The third-order valence-corrected chi connectivity index (χ3v) is 13.6. The lowest BCUT2D eigenvalue weighted by atomic mass is 10.1. The third-order valence-electron chi connectivity index (χ3n) is 13.6. The average molecular weight is 1110 g/mol. The van der Waals surface area contributed by atoms with Crippen molar-refractivity contribution in [1.82, 2.24) is 0 Å². The summed E-state index contributed by atoms with van der Waals surface area (Å²) in [6.07, 6.45) is 95.8. The highest BCUT2D eigenvalue weighted by Crippen LogP contribution is 2.15. The maximum atomic E-state index is 12.9. The molecule has 0 heterocycles. The molecule has 0 amide bonds. The van der Waals surface area contributed by atoms with Crippen molar-refractivity contribution < 1.29 is 28.6 Å². The maximum Gasteiger partial charge on any atom is 0.306 e. The number of hydrogen-bond donors (Lipinski definition) is 0. The molecule has 0 aliphatic rings. The van der Waals surface area contributed by atoms with E-state index >= 15 is 0 Å². The van der Waals surface area contributed by atoms with Crippen LogP contribution in [0.1, 0.15) is 284 Å². The van der Waals surface area contributed by atoms with Crippen LogP contribution in [0.4, 0.5) is 0 Å². The summed E-state index contributed by atoms with van der Waals surface area (Å²) in [5, 5.41) is 0. The van der Waals surface area contributed by atoms with Gasteiger partial charge in [0.1, 0.15) is 13.2 Å². The minimum atomic E-state index is -0.794. The van der Waals surface area contributed by atoms with Gasteiger partial charge < -0.3 is 14.2 Å². The fraction of sp³-hybridized carbons (Fsp3) is 0.635. The van der Waals surface area contributed by atoms with Gasteiger partial charge in [0.25, 0.3) is 0 Å². The van der Waals surface area contributed by atoms with Gasteiger partial charge in [-0.3, -0.25) is 14.4 Å². The van der Waals surface area contributed by atoms with Crippen molar-refractivity contribution in [2.75, 3.05) is 13.2 Å². The van der Waals surface area contributed by atoms with Crippen molar-refractivity contribution in [2.24, 2.45) is 0 Å². The van der Waals surface area contributed by atoms with Crippen LogP contribution in [0.5, 0.6) is 0 Å². The average Bonchev–Trinajstić information content (AvgIpc) is 3.46. The summed E-state index contributed by atoms with van der Waals surface area (Å²) in [5.41, 5.74) is 0. The molecule has 0 saturated carbocycles. The van der Waals surface area contributed by atoms with Gasteiger partial charge in [0.15, 0.2) is 6.10 Å². The van der Waals surface area contributed by atoms with Crippen LogP contribution in [-0.4, -0.2) is 37.2 Å². The van der Waals surface area contributed by atoms with Gasteiger partial charge >= 0.3 is 17.9 Å². The molecule has 0 aromatic rings. The Morgan fingerprint density at radius 3 is 0.787 bits per heavy atom. The Kier molecular flexibility index (Phi) is 62.9. The molecule has 1 atom stereocenters. The van der Waals surface area contributed by atoms with Crippen LogP contribution in [0, 0.1) is 0 Å². The fourth-order valence-electron chi connectivity index (χ4n) is 8.68. The molecule has 0 aromatic carbocycles. The summed E-state index contributed by atoms with van der Waals surface area (Å²) >= 11 is 0. The van der Waals surface area contributed by atoms with Crippen molar-refractivity contribution in [3.8, 4) is 0 Å². The summed E-state index contributed by atoms with van der Waals surface area (Å²) < 4.78 is 16.8. The lowest BCUT2D eigenvalue weighted by Crippen LogP contribution is -2.30. The van der Waals surface area contributed by atoms with E-state index in [0.29, 0.717) is 19.3 Å². The van der Waals surface area contributed by atoms with Crippen molar-refractivity contribution in [3.63, 3.8) is 0 Å². The smallest absolute Gasteiger partial charge is 0.306 e. The van der Waals surface area contributed by atoms with Gasteiger partial charge in [0.2, 0.25) is 0 Å². The van der Waals surface area contributed by atoms with E-state index in [4.69, 9.17) is 14.2 Å². The first-order valence-electron chi connectivity index (χ1n) is 32.8. The van der Waals surface area contributed by atoms with E-state index in [1.54, 1.807) is 0 Å². The zero-order valence-corrected chi connectivity index (χ0v) is 51.8. The van der Waals surface area contributed by atoms with Crippen LogP contribution in [0.2, 0.25) is 0 Å². The van der Waals surface area contributed by atoms with Crippen LogP contribution in [-0.2, 0) is 28.6 Å². The van der Waals surface area contributed by atoms with Crippen LogP contribution in [0.3, 0.4) is 0 Å². The molecular weight excluding hydrogens is 985 g/mol. The number of rotatable bonds is 58. The molecule has 1 unspecified atom stereocenters. The highest BCUT2D eigenvalue weighted by Gasteiger charge is 2.19. The van der Waals surface area contributed by atoms with E-state index in [9.17, 15) is 14.4 Å². The van der Waals surface area contributed by atoms with E-state index in [2.05, 4.69) is 167 Å². The predicted octanol–water partition coefficient (Wildman–Crippen LogP) is 22.7. The molecule has 0 rings (SSSR count). The second kappa shape index (κ2) is 66.8. The quantitative estimate of drug-likeness (QED) is 0.0261. The molecule has 452 valence electrons. The molecule has 6 heteroatoms. The zero-order chi connectivity index (χ0) is 57.8. The minimum Gasteiger partial charge on any atom is -0.462 e. The molecule has 6 nitrogen and oxygen atoms in total. The number of carbonyl (C=O) groups is 3. The summed E-state index contributed by atoms with van der Waals surface area (Å²) in [5.74, 6) is -0.925. The van der Waals surface area contributed by atoms with E-state index in [1.165, 1.54) is 103 Å². The van der Waals surface area contributed by atoms with Crippen molar-refractivity contribution in [3.05, 3.63) is 146 Å². The van der Waals surface area contributed by atoms with Crippen molar-refractivity contribution in [1.29, 1.82) is 0 Å². The summed E-state index contributed by atoms with van der Waals surface area (Å²) in [6.45, 7) is 6.45. The summed E-state index contributed by atoms with van der Waals surface area (Å²) in [7, 11) is 0. The monoisotopic (exact) mass is 1100 g/mol. The third kappa shape index (κ3) is 64.1. The first-order valence-corrected chi connectivity index (χ1v) is 32.8. The zero-order valence-electron chi connectivity index (χ0n) is 51.8. The molecule has 0 bridgehead atoms. The lowest BCUT2D eigenvalue weighted by Gasteiger charge is -2.18. The van der Waals surface area contributed by atoms with Gasteiger partial charge in [-0.1, -0.05) is 282 Å². The number of ether oxygens (including phenoxy) is 3. The van der Waals surface area contributed by atoms with Gasteiger partial charge in [0.05, 0.1) is 0 Å². The minimum absolute atomic E-state index is 0.0901. The number of esters is 3. The fourth-order valence-corrected chi connectivity index (χ4v) is 8.68. The van der Waals surface area contributed by atoms with Crippen LogP contribution in [0.15, 0.2) is 146 Å². The van der Waals surface area contributed by atoms with Gasteiger partial charge in [0, 0.05) is 19.3 Å². The Morgan fingerprint density at radius 1 is 0.263 bits per heavy atom. The molecule has 0 aromatic heterocycles. The number of allylic oxidation sites excluding steroid dienone is 24. The lowest BCUT2D eigenvalue weighted by molar-refractivity contribution is -0.167. The van der Waals surface area contributed by atoms with Crippen LogP contribution >= 0.6 is 0 Å². The molecule has 0 spiro atoms. The molecule has 80 heavy (non-hydrogen) atoms. The van der Waals surface area contributed by atoms with Gasteiger partial charge in [-0.25, -0.2) is 0 Å². The molecular formula is C74H120O6. The largest absolute Gasteiger partial charge is 0.462 e. The van der Waals surface area contributed by atoms with Gasteiger partial charge in [-0.15, -0.1) is 0 Å². The van der Waals surface area contributed by atoms with E-state index in [0.717, 1.165) is 141 Å². The van der Waals surface area contributed by atoms with E-state index in [1.807, 2.05) is 0 Å². The van der Waals surface area contributed by atoms with Gasteiger partial charge in [-0.05, 0) is 128 Å². The van der Waals surface area contributed by atoms with Crippen LogP contribution < -0.4 is 0 Å². The molecule has 0 aliphatic heterocycles. The second-order valence-corrected chi connectivity index (χ2v) is 21.3. The number of carbonyl (C=O) groups excluding carboxylic acids is 3. The van der Waals surface area contributed by atoms with Crippen LogP contribution in [0.25, 0.3) is 0 Å². The Morgan fingerprint density at radius 2 is 0.487 bits per heavy atom. The highest BCUT2D eigenvalue weighted by molar-refractivity contribution is 5.71. The topological polar surface area (TPSA) is 78.9 Å². The predicted molar refractivity (Wildman–Crippen MR) is 348 cm³/mol. The number of hydrogen-bond acceptors (Lipinski definition) is 6. The summed E-state index contributed by atoms with van der Waals surface area (Å²) in [4.78, 5) is 38.1. The Bertz CT molecular complexity index is 1750. The van der Waals surface area contributed by atoms with E-state index in [-0.39, 0.29) is 31.1 Å². The highest BCUT2D eigenvalue weighted by atomic mass is 16.6. The Balaban J connectivity index is 4.24. The summed E-state index contributed by atoms with van der Waals surface area (Å²) in [6, 6.07) is 0. The molecule has 0 aliphatic carbocycles.